The molecular weight excluding hydrogens is 738 g/mol. The van der Waals surface area contributed by atoms with Crippen LogP contribution in [0.15, 0.2) is 9.98 Å². The molecule has 8 atom stereocenters. The Bertz CT molecular complexity index is 1420. The van der Waals surface area contributed by atoms with Gasteiger partial charge in [0, 0.05) is 19.6 Å². The quantitative estimate of drug-likeness (QED) is 0.0246. The lowest BCUT2D eigenvalue weighted by Crippen LogP contribution is -2.59. The molecule has 318 valence electrons. The number of nitrogens with zero attached hydrogens (tertiary/aromatic N) is 3. The molecule has 0 aromatic rings. The number of amides is 6. The standard InChI is InChI=1S/C33H61N13O10/c1-16(2)14-22(44-27(51)20(8-5-11-39-32(35)36)43-26(50)19(34)15-47)30(54)46-13-7-10-23(46)29(53)41-17(3)25(49)42-21(9-6-12-40-33(37)38)28(52)45-24(18(4)48)31(55)56/h16-24,47-48H,5-15,34H2,1-4H3,(H,41,53)(H,42,49)(H,43,50)(H,44,51)(H,45,52)(H,55,56)(H4,35,36,39)(H4,37,38,40)/t17-,18+,19-,20-,21-,22-,23-,24-/m0/s1. The molecular formula is C33H61N13O10. The molecule has 0 saturated carbocycles. The lowest BCUT2D eigenvalue weighted by Gasteiger charge is -2.31. The fraction of sp³-hybridized carbons (Fsp3) is 0.727. The van der Waals surface area contributed by atoms with E-state index in [1.54, 1.807) is 0 Å². The van der Waals surface area contributed by atoms with E-state index in [1.165, 1.54) is 18.7 Å². The average Bonchev–Trinajstić information content (AvgIpc) is 3.61. The number of likely N-dealkylation sites (tertiary alicyclic amines) is 1. The molecule has 18 N–H and O–H groups in total. The van der Waals surface area contributed by atoms with Gasteiger partial charge >= 0.3 is 5.97 Å². The van der Waals surface area contributed by atoms with E-state index in [2.05, 4.69) is 36.6 Å². The van der Waals surface area contributed by atoms with Gasteiger partial charge in [-0.15, -0.1) is 0 Å². The van der Waals surface area contributed by atoms with Crippen molar-refractivity contribution < 1.29 is 48.9 Å². The summed E-state index contributed by atoms with van der Waals surface area (Å²) in [6, 6.07) is -8.83. The smallest absolute Gasteiger partial charge is 0.328 e. The summed E-state index contributed by atoms with van der Waals surface area (Å²) in [4.78, 5) is 100. The zero-order valence-corrected chi connectivity index (χ0v) is 32.4. The number of aliphatic hydroxyl groups is 2. The minimum absolute atomic E-state index is 0.0376. The summed E-state index contributed by atoms with van der Waals surface area (Å²) in [6.45, 7) is 5.91. The van der Waals surface area contributed by atoms with Crippen LogP contribution in [0.1, 0.15) is 72.6 Å². The van der Waals surface area contributed by atoms with Crippen molar-refractivity contribution in [3.63, 3.8) is 0 Å². The first kappa shape index (κ1) is 48.7. The van der Waals surface area contributed by atoms with E-state index in [4.69, 9.17) is 28.7 Å². The molecule has 23 heteroatoms. The second kappa shape index (κ2) is 24.3. The highest BCUT2D eigenvalue weighted by Gasteiger charge is 2.40. The third-order valence-corrected chi connectivity index (χ3v) is 8.65. The molecule has 0 radical (unpaired) electrons. The SMILES string of the molecule is CC(C)C[C@H](NC(=O)[C@H](CCCN=C(N)N)NC(=O)[C@@H](N)CO)C(=O)N1CCC[C@H]1C(=O)N[C@@H](C)C(=O)N[C@@H](CCCN=C(N)N)C(=O)N[C@H](C(=O)O)[C@@H](C)O. The number of aliphatic imine (C=N–C) groups is 2. The average molecular weight is 800 g/mol. The van der Waals surface area contributed by atoms with Crippen molar-refractivity contribution in [2.45, 2.75) is 121 Å². The van der Waals surface area contributed by atoms with E-state index in [0.717, 1.165) is 0 Å². The van der Waals surface area contributed by atoms with Gasteiger partial charge in [0.15, 0.2) is 18.0 Å². The maximum Gasteiger partial charge on any atom is 0.328 e. The van der Waals surface area contributed by atoms with Crippen molar-refractivity contribution in [2.24, 2.45) is 44.6 Å². The molecule has 1 rings (SSSR count). The number of aliphatic hydroxyl groups excluding tert-OH is 2. The highest BCUT2D eigenvalue weighted by Crippen LogP contribution is 2.21. The van der Waals surface area contributed by atoms with Crippen LogP contribution in [0.4, 0.5) is 0 Å². The number of carbonyl (C=O) groups is 7. The van der Waals surface area contributed by atoms with Gasteiger partial charge in [0.05, 0.1) is 12.7 Å². The number of rotatable bonds is 24. The summed E-state index contributed by atoms with van der Waals surface area (Å²) in [5, 5.41) is 41.0. The predicted molar refractivity (Wildman–Crippen MR) is 204 cm³/mol. The summed E-state index contributed by atoms with van der Waals surface area (Å²) in [7, 11) is 0. The van der Waals surface area contributed by atoms with Crippen LogP contribution >= 0.6 is 0 Å². The predicted octanol–water partition coefficient (Wildman–Crippen LogP) is -5.64. The third-order valence-electron chi connectivity index (χ3n) is 8.65. The van der Waals surface area contributed by atoms with E-state index in [9.17, 15) is 48.9 Å². The van der Waals surface area contributed by atoms with E-state index in [0.29, 0.717) is 6.42 Å². The Kier molecular flexibility index (Phi) is 21.1. The highest BCUT2D eigenvalue weighted by atomic mass is 16.4. The Morgan fingerprint density at radius 3 is 1.71 bits per heavy atom. The molecule has 1 fully saturated rings. The number of hydrogen-bond acceptors (Lipinski definition) is 12. The summed E-state index contributed by atoms with van der Waals surface area (Å²) < 4.78 is 0. The first-order valence-electron chi connectivity index (χ1n) is 18.4. The van der Waals surface area contributed by atoms with Gasteiger partial charge in [0.25, 0.3) is 0 Å². The number of guanidine groups is 2. The molecule has 1 aliphatic heterocycles. The summed E-state index contributed by atoms with van der Waals surface area (Å²) >= 11 is 0. The highest BCUT2D eigenvalue weighted by molar-refractivity contribution is 5.97. The molecule has 0 aromatic carbocycles. The molecule has 1 aliphatic rings. The molecule has 0 spiro atoms. The number of carboxylic acid groups (broad SMARTS) is 1. The van der Waals surface area contributed by atoms with Crippen LogP contribution in [0.3, 0.4) is 0 Å². The van der Waals surface area contributed by atoms with E-state index in [1.807, 2.05) is 13.8 Å². The zero-order valence-electron chi connectivity index (χ0n) is 32.4. The van der Waals surface area contributed by atoms with Crippen LogP contribution in [-0.4, -0.2) is 148 Å². The Morgan fingerprint density at radius 1 is 0.750 bits per heavy atom. The molecule has 0 aromatic heterocycles. The van der Waals surface area contributed by atoms with Gasteiger partial charge in [-0.2, -0.15) is 0 Å². The van der Waals surface area contributed by atoms with Gasteiger partial charge < -0.3 is 75.5 Å². The minimum Gasteiger partial charge on any atom is -0.480 e. The summed E-state index contributed by atoms with van der Waals surface area (Å²) in [5.74, 6) is -6.42. The van der Waals surface area contributed by atoms with Gasteiger partial charge in [0.1, 0.15) is 36.3 Å². The lowest BCUT2D eigenvalue weighted by molar-refractivity contribution is -0.145. The Balaban J connectivity index is 3.15. The van der Waals surface area contributed by atoms with Gasteiger partial charge in [-0.1, -0.05) is 13.8 Å². The Labute approximate surface area is 325 Å². The van der Waals surface area contributed by atoms with Gasteiger partial charge in [-0.3, -0.25) is 38.8 Å². The lowest BCUT2D eigenvalue weighted by atomic mass is 10.0. The normalized spacial score (nSPS) is 17.5. The topological polar surface area (TPSA) is 398 Å². The Morgan fingerprint density at radius 2 is 1.25 bits per heavy atom. The van der Waals surface area contributed by atoms with Crippen LogP contribution in [0, 0.1) is 5.92 Å². The minimum atomic E-state index is -1.67. The van der Waals surface area contributed by atoms with Crippen LogP contribution in [0.5, 0.6) is 0 Å². The summed E-state index contributed by atoms with van der Waals surface area (Å²) in [6.07, 6.45) is -0.140. The zero-order chi connectivity index (χ0) is 42.7. The van der Waals surface area contributed by atoms with E-state index >= 15 is 0 Å². The monoisotopic (exact) mass is 799 g/mol. The molecule has 23 nitrogen and oxygen atoms in total. The maximum atomic E-state index is 14.0. The first-order valence-corrected chi connectivity index (χ1v) is 18.4. The van der Waals surface area contributed by atoms with Crippen molar-refractivity contribution in [3.8, 4) is 0 Å². The molecule has 1 saturated heterocycles. The number of nitrogens with two attached hydrogens (primary N) is 5. The second-order valence-electron chi connectivity index (χ2n) is 14.0. The summed E-state index contributed by atoms with van der Waals surface area (Å²) in [5.41, 5.74) is 27.1. The molecule has 0 bridgehead atoms. The van der Waals surface area contributed by atoms with E-state index in [-0.39, 0.29) is 76.0 Å². The van der Waals surface area contributed by atoms with Crippen LogP contribution in [-0.2, 0) is 33.6 Å². The van der Waals surface area contributed by atoms with Crippen LogP contribution in [0.25, 0.3) is 0 Å². The Hall–Kier alpha value is -5.29. The van der Waals surface area contributed by atoms with Crippen molar-refractivity contribution >= 4 is 53.3 Å². The maximum absolute atomic E-state index is 14.0. The largest absolute Gasteiger partial charge is 0.480 e. The van der Waals surface area contributed by atoms with Crippen molar-refractivity contribution in [1.82, 2.24) is 31.5 Å². The molecule has 6 amide bonds. The van der Waals surface area contributed by atoms with Crippen molar-refractivity contribution in [3.05, 3.63) is 0 Å². The fourth-order valence-electron chi connectivity index (χ4n) is 5.69. The molecule has 0 aliphatic carbocycles. The number of nitrogens with one attached hydrogen (secondary N) is 5. The van der Waals surface area contributed by atoms with Crippen molar-refractivity contribution in [2.75, 3.05) is 26.2 Å². The van der Waals surface area contributed by atoms with Crippen LogP contribution in [0.2, 0.25) is 0 Å². The second-order valence-corrected chi connectivity index (χ2v) is 14.0. The van der Waals surface area contributed by atoms with Gasteiger partial charge in [-0.25, -0.2) is 4.79 Å². The van der Waals surface area contributed by atoms with Gasteiger partial charge in [-0.05, 0) is 64.7 Å². The van der Waals surface area contributed by atoms with Crippen LogP contribution < -0.4 is 55.3 Å². The fourth-order valence-corrected chi connectivity index (χ4v) is 5.69. The van der Waals surface area contributed by atoms with E-state index < -0.39 is 96.4 Å². The number of aliphatic carboxylic acids is 1. The number of carboxylic acids is 1. The molecule has 56 heavy (non-hydrogen) atoms. The number of hydrogen-bond donors (Lipinski definition) is 13. The molecule has 0 unspecified atom stereocenters. The van der Waals surface area contributed by atoms with Crippen molar-refractivity contribution in [1.29, 1.82) is 0 Å². The van der Waals surface area contributed by atoms with Gasteiger partial charge in [0.2, 0.25) is 35.4 Å². The molecule has 1 heterocycles. The number of carbonyl (C=O) groups excluding carboxylic acids is 6. The third kappa shape index (κ3) is 17.0. The first-order chi connectivity index (χ1) is 26.2.